The van der Waals surface area contributed by atoms with Crippen LogP contribution in [0.5, 0.6) is 0 Å². The molecule has 0 aromatic rings. The summed E-state index contributed by atoms with van der Waals surface area (Å²) in [5.41, 5.74) is 0. The fourth-order valence-electron chi connectivity index (χ4n) is 4.12. The molecule has 3 fully saturated rings. The number of likely N-dealkylation sites (tertiary alicyclic amines) is 1. The fraction of sp³-hybridized carbons (Fsp3) is 1.00. The minimum absolute atomic E-state index is 0.908. The maximum absolute atomic E-state index is 2.75. The van der Waals surface area contributed by atoms with Gasteiger partial charge in [0.25, 0.3) is 0 Å². The second-order valence-corrected chi connectivity index (χ2v) is 7.55. The molecule has 0 amide bonds. The highest BCUT2D eigenvalue weighted by molar-refractivity contribution is 4.89. The van der Waals surface area contributed by atoms with Crippen molar-refractivity contribution >= 4 is 0 Å². The van der Waals surface area contributed by atoms with E-state index in [1.54, 1.807) is 0 Å². The summed E-state index contributed by atoms with van der Waals surface area (Å²) in [4.78, 5) is 5.44. The van der Waals surface area contributed by atoms with Crippen LogP contribution in [0, 0.1) is 11.8 Å². The van der Waals surface area contributed by atoms with Gasteiger partial charge in [-0.25, -0.2) is 0 Å². The minimum atomic E-state index is 0.908. The molecule has 1 saturated heterocycles. The molecule has 0 aromatic heterocycles. The molecule has 19 heavy (non-hydrogen) atoms. The first-order valence-corrected chi connectivity index (χ1v) is 8.66. The third kappa shape index (κ3) is 3.72. The average molecular weight is 264 g/mol. The van der Waals surface area contributed by atoms with Crippen LogP contribution in [-0.2, 0) is 0 Å². The Labute approximate surface area is 119 Å². The largest absolute Gasteiger partial charge is 0.303 e. The van der Waals surface area contributed by atoms with Crippen molar-refractivity contribution in [3.8, 4) is 0 Å². The predicted molar refractivity (Wildman–Crippen MR) is 81.4 cm³/mol. The molecule has 2 saturated carbocycles. The van der Waals surface area contributed by atoms with E-state index in [0.29, 0.717) is 0 Å². The summed E-state index contributed by atoms with van der Waals surface area (Å²) in [7, 11) is 2.37. The van der Waals surface area contributed by atoms with Gasteiger partial charge in [0.2, 0.25) is 0 Å². The smallest absolute Gasteiger partial charge is 0.00963 e. The van der Waals surface area contributed by atoms with Crippen molar-refractivity contribution in [3.63, 3.8) is 0 Å². The van der Waals surface area contributed by atoms with Gasteiger partial charge in [-0.05, 0) is 83.3 Å². The third-order valence-corrected chi connectivity index (χ3v) is 5.91. The van der Waals surface area contributed by atoms with E-state index in [1.807, 2.05) is 0 Å². The number of piperidine rings is 1. The Hall–Kier alpha value is -0.0800. The zero-order chi connectivity index (χ0) is 13.2. The Bertz CT molecular complexity index is 271. The minimum Gasteiger partial charge on any atom is -0.303 e. The molecule has 2 nitrogen and oxygen atoms in total. The average Bonchev–Trinajstić information content (AvgIpc) is 3.26. The first-order chi connectivity index (χ1) is 9.22. The van der Waals surface area contributed by atoms with Crippen molar-refractivity contribution in [1.82, 2.24) is 9.80 Å². The molecular formula is C17H32N2. The Kier molecular flexibility index (Phi) is 4.48. The van der Waals surface area contributed by atoms with E-state index in [9.17, 15) is 0 Å². The van der Waals surface area contributed by atoms with E-state index in [1.165, 1.54) is 71.0 Å². The van der Waals surface area contributed by atoms with Crippen molar-refractivity contribution in [3.05, 3.63) is 0 Å². The van der Waals surface area contributed by atoms with Gasteiger partial charge in [0.15, 0.2) is 0 Å². The quantitative estimate of drug-likeness (QED) is 0.768. The third-order valence-electron chi connectivity index (χ3n) is 5.91. The van der Waals surface area contributed by atoms with Crippen LogP contribution in [0.1, 0.15) is 58.3 Å². The van der Waals surface area contributed by atoms with Gasteiger partial charge in [0, 0.05) is 18.6 Å². The molecule has 1 heterocycles. The van der Waals surface area contributed by atoms with Gasteiger partial charge in [-0.3, -0.25) is 0 Å². The lowest BCUT2D eigenvalue weighted by molar-refractivity contribution is 0.116. The van der Waals surface area contributed by atoms with Crippen LogP contribution < -0.4 is 0 Å². The van der Waals surface area contributed by atoms with E-state index < -0.39 is 0 Å². The summed E-state index contributed by atoms with van der Waals surface area (Å²) in [5, 5.41) is 0. The topological polar surface area (TPSA) is 6.48 Å². The van der Waals surface area contributed by atoms with E-state index in [0.717, 1.165) is 23.9 Å². The predicted octanol–water partition coefficient (Wildman–Crippen LogP) is 3.37. The first-order valence-electron chi connectivity index (χ1n) is 8.66. The van der Waals surface area contributed by atoms with Crippen LogP contribution >= 0.6 is 0 Å². The van der Waals surface area contributed by atoms with Crippen molar-refractivity contribution in [1.29, 1.82) is 0 Å². The van der Waals surface area contributed by atoms with Crippen LogP contribution in [0.2, 0.25) is 0 Å². The standard InChI is InChI=1S/C17H32N2/c1-14-9-11-19(12-10-14)13-15-3-5-16(6-4-15)18(2)17-7-8-17/h14-17H,3-13H2,1-2H3. The molecule has 3 rings (SSSR count). The summed E-state index contributed by atoms with van der Waals surface area (Å²) in [6.07, 6.45) is 11.7. The molecule has 0 bridgehead atoms. The summed E-state index contributed by atoms with van der Waals surface area (Å²) in [6, 6.07) is 1.86. The van der Waals surface area contributed by atoms with Crippen LogP contribution in [-0.4, -0.2) is 48.6 Å². The highest BCUT2D eigenvalue weighted by atomic mass is 15.2. The molecule has 0 aromatic carbocycles. The van der Waals surface area contributed by atoms with Crippen LogP contribution in [0.15, 0.2) is 0 Å². The van der Waals surface area contributed by atoms with Gasteiger partial charge in [0.1, 0.15) is 0 Å². The van der Waals surface area contributed by atoms with E-state index in [-0.39, 0.29) is 0 Å². The fourth-order valence-corrected chi connectivity index (χ4v) is 4.12. The summed E-state index contributed by atoms with van der Waals surface area (Å²) in [5.74, 6) is 1.97. The van der Waals surface area contributed by atoms with Crippen molar-refractivity contribution in [2.24, 2.45) is 11.8 Å². The number of rotatable bonds is 4. The summed E-state index contributed by atoms with van der Waals surface area (Å²) >= 11 is 0. The van der Waals surface area contributed by atoms with Crippen LogP contribution in [0.3, 0.4) is 0 Å². The summed E-state index contributed by atoms with van der Waals surface area (Å²) in [6.45, 7) is 6.54. The Morgan fingerprint density at radius 3 is 1.89 bits per heavy atom. The maximum atomic E-state index is 2.75. The zero-order valence-corrected chi connectivity index (χ0v) is 13.0. The van der Waals surface area contributed by atoms with Gasteiger partial charge < -0.3 is 9.80 Å². The van der Waals surface area contributed by atoms with E-state index >= 15 is 0 Å². The normalized spacial score (nSPS) is 34.9. The van der Waals surface area contributed by atoms with Crippen molar-refractivity contribution < 1.29 is 0 Å². The van der Waals surface area contributed by atoms with Crippen molar-refractivity contribution in [2.75, 3.05) is 26.7 Å². The molecule has 2 heteroatoms. The Balaban J connectivity index is 1.38. The number of nitrogens with zero attached hydrogens (tertiary/aromatic N) is 2. The molecule has 0 spiro atoms. The Morgan fingerprint density at radius 2 is 1.37 bits per heavy atom. The molecule has 0 unspecified atom stereocenters. The van der Waals surface area contributed by atoms with Gasteiger partial charge in [-0.15, -0.1) is 0 Å². The SMILES string of the molecule is CC1CCN(CC2CCC(N(C)C3CC3)CC2)CC1. The van der Waals surface area contributed by atoms with Crippen LogP contribution in [0.4, 0.5) is 0 Å². The van der Waals surface area contributed by atoms with Gasteiger partial charge in [-0.1, -0.05) is 6.92 Å². The van der Waals surface area contributed by atoms with Gasteiger partial charge in [-0.2, -0.15) is 0 Å². The highest BCUT2D eigenvalue weighted by Crippen LogP contribution is 2.34. The summed E-state index contributed by atoms with van der Waals surface area (Å²) < 4.78 is 0. The van der Waals surface area contributed by atoms with E-state index in [4.69, 9.17) is 0 Å². The maximum Gasteiger partial charge on any atom is 0.00963 e. The first kappa shape index (κ1) is 13.9. The molecule has 0 radical (unpaired) electrons. The zero-order valence-electron chi connectivity index (χ0n) is 13.0. The molecular weight excluding hydrogens is 232 g/mol. The molecule has 2 aliphatic carbocycles. The highest BCUT2D eigenvalue weighted by Gasteiger charge is 2.33. The molecule has 0 atom stereocenters. The molecule has 3 aliphatic rings. The lowest BCUT2D eigenvalue weighted by Crippen LogP contribution is -2.41. The lowest BCUT2D eigenvalue weighted by Gasteiger charge is -2.38. The lowest BCUT2D eigenvalue weighted by atomic mass is 9.84. The van der Waals surface area contributed by atoms with E-state index in [2.05, 4.69) is 23.8 Å². The Morgan fingerprint density at radius 1 is 0.842 bits per heavy atom. The molecule has 110 valence electrons. The second kappa shape index (κ2) is 6.13. The van der Waals surface area contributed by atoms with Gasteiger partial charge in [0.05, 0.1) is 0 Å². The second-order valence-electron chi connectivity index (χ2n) is 7.55. The monoisotopic (exact) mass is 264 g/mol. The number of hydrogen-bond donors (Lipinski definition) is 0. The van der Waals surface area contributed by atoms with Gasteiger partial charge >= 0.3 is 0 Å². The molecule has 1 aliphatic heterocycles. The number of hydrogen-bond acceptors (Lipinski definition) is 2. The molecule has 0 N–H and O–H groups in total. The van der Waals surface area contributed by atoms with Crippen LogP contribution in [0.25, 0.3) is 0 Å². The van der Waals surface area contributed by atoms with Crippen molar-refractivity contribution in [2.45, 2.75) is 70.4 Å².